The fourth-order valence-electron chi connectivity index (χ4n) is 1.77. The molecule has 2 unspecified atom stereocenters. The minimum absolute atomic E-state index is 0.126. The van der Waals surface area contributed by atoms with Gasteiger partial charge in [-0.1, -0.05) is 0 Å². The van der Waals surface area contributed by atoms with Crippen LogP contribution in [-0.4, -0.2) is 38.9 Å². The third-order valence-corrected chi connectivity index (χ3v) is 2.60. The van der Waals surface area contributed by atoms with E-state index in [1.807, 2.05) is 14.0 Å². The molecule has 2 atom stereocenters. The summed E-state index contributed by atoms with van der Waals surface area (Å²) < 4.78 is 10.2. The summed E-state index contributed by atoms with van der Waals surface area (Å²) in [5, 5.41) is 3.15. The molecule has 0 bridgehead atoms. The Morgan fingerprint density at radius 3 is 3.00 bits per heavy atom. The largest absolute Gasteiger partial charge is 0.466 e. The molecule has 4 nitrogen and oxygen atoms in total. The summed E-state index contributed by atoms with van der Waals surface area (Å²) in [4.78, 5) is 11.3. The Balaban J connectivity index is 2.33. The molecular formula is C10H19NO3. The maximum atomic E-state index is 11.3. The third kappa shape index (κ3) is 3.27. The first-order valence-electron chi connectivity index (χ1n) is 5.18. The Morgan fingerprint density at radius 1 is 1.71 bits per heavy atom. The van der Waals surface area contributed by atoms with Gasteiger partial charge in [0.25, 0.3) is 0 Å². The smallest absolute Gasteiger partial charge is 0.307 e. The Morgan fingerprint density at radius 2 is 2.50 bits per heavy atom. The molecule has 1 aliphatic heterocycles. The van der Waals surface area contributed by atoms with Crippen molar-refractivity contribution in [2.24, 2.45) is 5.92 Å². The minimum atomic E-state index is -0.126. The maximum Gasteiger partial charge on any atom is 0.307 e. The molecule has 1 fully saturated rings. The predicted octanol–water partition coefficient (Wildman–Crippen LogP) is 0.564. The fraction of sp³-hybridized carbons (Fsp3) is 0.900. The van der Waals surface area contributed by atoms with Crippen LogP contribution in [0.1, 0.15) is 19.8 Å². The van der Waals surface area contributed by atoms with Crippen molar-refractivity contribution in [3.05, 3.63) is 0 Å². The molecule has 0 saturated carbocycles. The number of nitrogens with one attached hydrogen (secondary N) is 1. The standard InChI is InChI=1S/C10H19NO3/c1-3-14-10(12)6-9(11-2)8-4-5-13-7-8/h8-9,11H,3-7H2,1-2H3. The number of carbonyl (C=O) groups is 1. The number of esters is 1. The quantitative estimate of drug-likeness (QED) is 0.660. The van der Waals surface area contributed by atoms with Gasteiger partial charge in [-0.2, -0.15) is 0 Å². The first-order chi connectivity index (χ1) is 6.77. The van der Waals surface area contributed by atoms with Crippen LogP contribution in [0.25, 0.3) is 0 Å². The van der Waals surface area contributed by atoms with Crippen LogP contribution in [0.5, 0.6) is 0 Å². The monoisotopic (exact) mass is 201 g/mol. The third-order valence-electron chi connectivity index (χ3n) is 2.60. The van der Waals surface area contributed by atoms with Crippen molar-refractivity contribution in [1.82, 2.24) is 5.32 Å². The topological polar surface area (TPSA) is 47.6 Å². The highest BCUT2D eigenvalue weighted by molar-refractivity contribution is 5.70. The van der Waals surface area contributed by atoms with E-state index in [9.17, 15) is 4.79 Å². The van der Waals surface area contributed by atoms with E-state index in [0.29, 0.717) is 18.9 Å². The molecule has 1 saturated heterocycles. The van der Waals surface area contributed by atoms with Crippen molar-refractivity contribution < 1.29 is 14.3 Å². The molecule has 82 valence electrons. The highest BCUT2D eigenvalue weighted by atomic mass is 16.5. The lowest BCUT2D eigenvalue weighted by molar-refractivity contribution is -0.144. The van der Waals surface area contributed by atoms with Crippen LogP contribution >= 0.6 is 0 Å². The zero-order chi connectivity index (χ0) is 10.4. The van der Waals surface area contributed by atoms with Gasteiger partial charge in [-0.05, 0) is 20.4 Å². The lowest BCUT2D eigenvalue weighted by Crippen LogP contribution is -2.36. The average molecular weight is 201 g/mol. The minimum Gasteiger partial charge on any atom is -0.466 e. The van der Waals surface area contributed by atoms with E-state index in [1.165, 1.54) is 0 Å². The summed E-state index contributed by atoms with van der Waals surface area (Å²) in [5.41, 5.74) is 0. The molecule has 14 heavy (non-hydrogen) atoms. The zero-order valence-corrected chi connectivity index (χ0v) is 8.91. The first kappa shape index (κ1) is 11.5. The van der Waals surface area contributed by atoms with Gasteiger partial charge < -0.3 is 14.8 Å². The Labute approximate surface area is 85.0 Å². The van der Waals surface area contributed by atoms with Crippen molar-refractivity contribution in [2.75, 3.05) is 26.9 Å². The molecule has 1 N–H and O–H groups in total. The normalized spacial score (nSPS) is 23.4. The van der Waals surface area contributed by atoms with Gasteiger partial charge in [-0.25, -0.2) is 0 Å². The van der Waals surface area contributed by atoms with Crippen molar-refractivity contribution in [3.8, 4) is 0 Å². The molecule has 0 radical (unpaired) electrons. The van der Waals surface area contributed by atoms with Gasteiger partial charge in [0.15, 0.2) is 0 Å². The second-order valence-corrected chi connectivity index (χ2v) is 3.53. The molecule has 0 aliphatic carbocycles. The second kappa shape index (κ2) is 5.98. The van der Waals surface area contributed by atoms with Crippen LogP contribution in [0.15, 0.2) is 0 Å². The van der Waals surface area contributed by atoms with Crippen LogP contribution in [0, 0.1) is 5.92 Å². The first-order valence-corrected chi connectivity index (χ1v) is 5.18. The Hall–Kier alpha value is -0.610. The van der Waals surface area contributed by atoms with Crippen molar-refractivity contribution in [3.63, 3.8) is 0 Å². The summed E-state index contributed by atoms with van der Waals surface area (Å²) in [6.45, 7) is 3.85. The highest BCUT2D eigenvalue weighted by Gasteiger charge is 2.26. The van der Waals surface area contributed by atoms with E-state index in [4.69, 9.17) is 9.47 Å². The lowest BCUT2D eigenvalue weighted by Gasteiger charge is -2.20. The van der Waals surface area contributed by atoms with Crippen LogP contribution in [0.4, 0.5) is 0 Å². The van der Waals surface area contributed by atoms with Gasteiger partial charge in [0.2, 0.25) is 0 Å². The van der Waals surface area contributed by atoms with Gasteiger partial charge >= 0.3 is 5.97 Å². The summed E-state index contributed by atoms with van der Waals surface area (Å²) in [6, 6.07) is 0.191. The van der Waals surface area contributed by atoms with Gasteiger partial charge in [-0.3, -0.25) is 4.79 Å². The average Bonchev–Trinajstić information content (AvgIpc) is 2.67. The molecule has 4 heteroatoms. The second-order valence-electron chi connectivity index (χ2n) is 3.53. The molecule has 1 heterocycles. The zero-order valence-electron chi connectivity index (χ0n) is 8.91. The fourth-order valence-corrected chi connectivity index (χ4v) is 1.77. The summed E-state index contributed by atoms with van der Waals surface area (Å²) in [6.07, 6.45) is 1.48. The molecule has 0 spiro atoms. The number of rotatable bonds is 5. The van der Waals surface area contributed by atoms with Crippen molar-refractivity contribution in [1.29, 1.82) is 0 Å². The van der Waals surface area contributed by atoms with Gasteiger partial charge in [0, 0.05) is 18.6 Å². The van der Waals surface area contributed by atoms with E-state index >= 15 is 0 Å². The van der Waals surface area contributed by atoms with Gasteiger partial charge in [0.05, 0.1) is 19.6 Å². The predicted molar refractivity (Wildman–Crippen MR) is 53.0 cm³/mol. The summed E-state index contributed by atoms with van der Waals surface area (Å²) in [7, 11) is 1.88. The van der Waals surface area contributed by atoms with Crippen molar-refractivity contribution in [2.45, 2.75) is 25.8 Å². The molecule has 0 aromatic heterocycles. The number of hydrogen-bond acceptors (Lipinski definition) is 4. The van der Waals surface area contributed by atoms with Gasteiger partial charge in [0.1, 0.15) is 0 Å². The van der Waals surface area contributed by atoms with E-state index in [-0.39, 0.29) is 12.0 Å². The van der Waals surface area contributed by atoms with Crippen LogP contribution in [0.3, 0.4) is 0 Å². The molecular weight excluding hydrogens is 182 g/mol. The lowest BCUT2D eigenvalue weighted by atomic mass is 9.96. The van der Waals surface area contributed by atoms with Crippen LogP contribution < -0.4 is 5.32 Å². The Bertz CT molecular complexity index is 178. The van der Waals surface area contributed by atoms with Gasteiger partial charge in [-0.15, -0.1) is 0 Å². The Kier molecular flexibility index (Phi) is 4.90. The van der Waals surface area contributed by atoms with E-state index in [2.05, 4.69) is 5.32 Å². The number of ether oxygens (including phenoxy) is 2. The maximum absolute atomic E-state index is 11.3. The van der Waals surface area contributed by atoms with Crippen LogP contribution in [0.2, 0.25) is 0 Å². The molecule has 0 amide bonds. The highest BCUT2D eigenvalue weighted by Crippen LogP contribution is 2.18. The van der Waals surface area contributed by atoms with Crippen molar-refractivity contribution >= 4 is 5.97 Å². The molecule has 0 aromatic carbocycles. The van der Waals surface area contributed by atoms with E-state index in [1.54, 1.807) is 0 Å². The van der Waals surface area contributed by atoms with Crippen LogP contribution in [-0.2, 0) is 14.3 Å². The SMILES string of the molecule is CCOC(=O)CC(NC)C1CCOC1. The number of hydrogen-bond donors (Lipinski definition) is 1. The molecule has 0 aromatic rings. The summed E-state index contributed by atoms with van der Waals surface area (Å²) >= 11 is 0. The number of carbonyl (C=O) groups excluding carboxylic acids is 1. The molecule has 1 rings (SSSR count). The van der Waals surface area contributed by atoms with E-state index < -0.39 is 0 Å². The molecule has 1 aliphatic rings. The summed E-state index contributed by atoms with van der Waals surface area (Å²) in [5.74, 6) is 0.322. The van der Waals surface area contributed by atoms with E-state index in [0.717, 1.165) is 19.6 Å².